The molecule has 0 fully saturated rings. The van der Waals surface area contributed by atoms with Gasteiger partial charge < -0.3 is 0 Å². The van der Waals surface area contributed by atoms with E-state index in [9.17, 15) is 9.59 Å². The molecule has 11 rings (SSSR count). The van der Waals surface area contributed by atoms with Gasteiger partial charge in [0.2, 0.25) is 0 Å². The molecule has 0 saturated carbocycles. The molecule has 0 aromatic heterocycles. The lowest BCUT2D eigenvalue weighted by Gasteiger charge is -2.37. The molecule has 10 aromatic carbocycles. The molecule has 3 nitrogen and oxygen atoms in total. The first-order valence-electron chi connectivity index (χ1n) is 18.6. The Hall–Kier alpha value is -6.06. The second-order valence-corrected chi connectivity index (χ2v) is 17.1. The van der Waals surface area contributed by atoms with E-state index in [2.05, 4.69) is 130 Å². The van der Waals surface area contributed by atoms with Crippen LogP contribution < -0.4 is 0 Å². The van der Waals surface area contributed by atoms with Crippen LogP contribution in [0.3, 0.4) is 0 Å². The average Bonchev–Trinajstić information content (AvgIpc) is 3.13. The SMILES string of the molecule is CC(C)(C)c1ccc2c3c(-c4cc5c6c(ccc7c8cccc9cccc(c4c67)c98)C(=O)N(C(C)(C)C)C5=O)ccc4cccc(c5cccc1c52)c43. The average molecular weight is 684 g/mol. The van der Waals surface area contributed by atoms with Crippen LogP contribution in [0.2, 0.25) is 0 Å². The van der Waals surface area contributed by atoms with Gasteiger partial charge in [0.25, 0.3) is 11.8 Å². The minimum atomic E-state index is -0.696. The molecule has 0 aliphatic carbocycles. The van der Waals surface area contributed by atoms with Gasteiger partial charge >= 0.3 is 0 Å². The topological polar surface area (TPSA) is 37.4 Å². The summed E-state index contributed by atoms with van der Waals surface area (Å²) in [5, 5.41) is 18.4. The molecule has 0 bridgehead atoms. The fourth-order valence-corrected chi connectivity index (χ4v) is 9.95. The van der Waals surface area contributed by atoms with Crippen LogP contribution in [0.4, 0.5) is 0 Å². The summed E-state index contributed by atoms with van der Waals surface area (Å²) in [6.07, 6.45) is 0. The van der Waals surface area contributed by atoms with E-state index >= 15 is 0 Å². The summed E-state index contributed by atoms with van der Waals surface area (Å²) < 4.78 is 0. The summed E-state index contributed by atoms with van der Waals surface area (Å²) in [6.45, 7) is 12.7. The van der Waals surface area contributed by atoms with E-state index in [4.69, 9.17) is 0 Å². The Morgan fingerprint density at radius 1 is 0.377 bits per heavy atom. The zero-order chi connectivity index (χ0) is 36.3. The van der Waals surface area contributed by atoms with Gasteiger partial charge in [-0.15, -0.1) is 0 Å². The Bertz CT molecular complexity index is 3280. The predicted molar refractivity (Wildman–Crippen MR) is 223 cm³/mol. The third-order valence-corrected chi connectivity index (χ3v) is 12.0. The van der Waals surface area contributed by atoms with Gasteiger partial charge in [-0.05, 0) is 136 Å². The van der Waals surface area contributed by atoms with Gasteiger partial charge in [0.1, 0.15) is 0 Å². The predicted octanol–water partition coefficient (Wildman–Crippen LogP) is 13.1. The van der Waals surface area contributed by atoms with Crippen molar-refractivity contribution in [3.63, 3.8) is 0 Å². The lowest BCUT2D eigenvalue weighted by atomic mass is 9.78. The van der Waals surface area contributed by atoms with Crippen LogP contribution in [0.15, 0.2) is 115 Å². The van der Waals surface area contributed by atoms with Gasteiger partial charge in [-0.1, -0.05) is 124 Å². The van der Waals surface area contributed by atoms with Crippen LogP contribution in [0.5, 0.6) is 0 Å². The molecule has 0 radical (unpaired) electrons. The zero-order valence-electron chi connectivity index (χ0n) is 30.7. The van der Waals surface area contributed by atoms with Crippen LogP contribution in [-0.2, 0) is 5.41 Å². The molecule has 1 aliphatic heterocycles. The molecule has 3 heteroatoms. The molecule has 0 unspecified atom stereocenters. The number of rotatable bonds is 1. The first-order valence-corrected chi connectivity index (χ1v) is 18.6. The number of hydrogen-bond donors (Lipinski definition) is 0. The number of carbonyl (C=O) groups excluding carboxylic acids is 2. The van der Waals surface area contributed by atoms with Crippen LogP contribution in [0.1, 0.15) is 67.8 Å². The Balaban J connectivity index is 1.41. The highest BCUT2D eigenvalue weighted by Gasteiger charge is 2.41. The lowest BCUT2D eigenvalue weighted by molar-refractivity contribution is 0.0460. The Morgan fingerprint density at radius 2 is 0.887 bits per heavy atom. The van der Waals surface area contributed by atoms with Gasteiger partial charge in [0.15, 0.2) is 0 Å². The maximum Gasteiger partial charge on any atom is 0.261 e. The van der Waals surface area contributed by atoms with E-state index in [-0.39, 0.29) is 17.2 Å². The van der Waals surface area contributed by atoms with Crippen molar-refractivity contribution in [3.8, 4) is 11.1 Å². The number of carbonyl (C=O) groups is 2. The van der Waals surface area contributed by atoms with Crippen molar-refractivity contribution in [2.24, 2.45) is 0 Å². The molecule has 0 spiro atoms. The fraction of sp³-hybridized carbons (Fsp3) is 0.160. The van der Waals surface area contributed by atoms with Crippen molar-refractivity contribution in [1.29, 1.82) is 0 Å². The van der Waals surface area contributed by atoms with Gasteiger partial charge in [0, 0.05) is 22.1 Å². The molecule has 254 valence electrons. The van der Waals surface area contributed by atoms with E-state index in [1.54, 1.807) is 0 Å². The summed E-state index contributed by atoms with van der Waals surface area (Å²) in [6, 6.07) is 41.8. The highest BCUT2D eigenvalue weighted by Crippen LogP contribution is 2.52. The Kier molecular flexibility index (Phi) is 5.69. The smallest absolute Gasteiger partial charge is 0.261 e. The fourth-order valence-electron chi connectivity index (χ4n) is 9.95. The van der Waals surface area contributed by atoms with Gasteiger partial charge in [-0.3, -0.25) is 14.5 Å². The molecule has 0 saturated heterocycles. The van der Waals surface area contributed by atoms with Crippen molar-refractivity contribution in [2.45, 2.75) is 52.5 Å². The lowest BCUT2D eigenvalue weighted by Crippen LogP contribution is -2.51. The minimum Gasteiger partial charge on any atom is -0.269 e. The minimum absolute atomic E-state index is 0.0367. The second-order valence-electron chi connectivity index (χ2n) is 17.1. The molecule has 1 heterocycles. The van der Waals surface area contributed by atoms with E-state index in [0.717, 1.165) is 43.4 Å². The summed E-state index contributed by atoms with van der Waals surface area (Å²) >= 11 is 0. The number of imide groups is 1. The summed E-state index contributed by atoms with van der Waals surface area (Å²) in [4.78, 5) is 30.6. The molecule has 0 N–H and O–H groups in total. The molecule has 0 atom stereocenters. The molecule has 2 amide bonds. The van der Waals surface area contributed by atoms with E-state index in [1.807, 2.05) is 26.8 Å². The van der Waals surface area contributed by atoms with E-state index < -0.39 is 5.54 Å². The monoisotopic (exact) mass is 683 g/mol. The third kappa shape index (κ3) is 3.79. The molecular weight excluding hydrogens is 647 g/mol. The number of hydrogen-bond acceptors (Lipinski definition) is 2. The summed E-state index contributed by atoms with van der Waals surface area (Å²) in [7, 11) is 0. The number of amides is 2. The highest BCUT2D eigenvalue weighted by molar-refractivity contribution is 6.42. The van der Waals surface area contributed by atoms with E-state index in [0.29, 0.717) is 11.1 Å². The molecule has 1 aliphatic rings. The van der Waals surface area contributed by atoms with Gasteiger partial charge in [-0.2, -0.15) is 0 Å². The molecular formula is C50H37NO2. The molecule has 10 aromatic rings. The maximum atomic E-state index is 14.8. The number of fused-ring (bicyclic) bond motifs is 4. The normalized spacial score (nSPS) is 14.3. The van der Waals surface area contributed by atoms with Crippen LogP contribution in [0.25, 0.3) is 97.3 Å². The summed E-state index contributed by atoms with van der Waals surface area (Å²) in [5.74, 6) is -0.477. The standard InChI is InChI=1S/C50H37NO2/c1-49(2,3)39-24-23-35-42-30(16-10-17-33(39)42)29-15-8-13-27-19-20-32(43(35)41(27)29)37-25-38-45-36(47(52)51(48(38)53)50(4,5)6)22-21-31-28-14-7-11-26-12-9-18-34(40(26)28)44(37)46(31)45/h7-25H,1-6H3. The quantitative estimate of drug-likeness (QED) is 0.0981. The van der Waals surface area contributed by atoms with Crippen LogP contribution >= 0.6 is 0 Å². The number of benzene rings is 10. The van der Waals surface area contributed by atoms with Crippen LogP contribution in [-0.4, -0.2) is 22.3 Å². The van der Waals surface area contributed by atoms with Crippen molar-refractivity contribution in [1.82, 2.24) is 4.90 Å². The van der Waals surface area contributed by atoms with Gasteiger partial charge in [0.05, 0.1) is 0 Å². The maximum absolute atomic E-state index is 14.8. The van der Waals surface area contributed by atoms with Crippen molar-refractivity contribution in [2.75, 3.05) is 0 Å². The van der Waals surface area contributed by atoms with Crippen molar-refractivity contribution >= 4 is 98.0 Å². The third-order valence-electron chi connectivity index (χ3n) is 12.0. The largest absolute Gasteiger partial charge is 0.269 e. The Morgan fingerprint density at radius 3 is 1.58 bits per heavy atom. The Labute approximate surface area is 307 Å². The van der Waals surface area contributed by atoms with Gasteiger partial charge in [-0.25, -0.2) is 0 Å². The van der Waals surface area contributed by atoms with E-state index in [1.165, 1.54) is 64.3 Å². The summed E-state index contributed by atoms with van der Waals surface area (Å²) in [5.41, 5.74) is 3.88. The first kappa shape index (κ1) is 30.6. The first-order chi connectivity index (χ1) is 25.4. The van der Waals surface area contributed by atoms with Crippen molar-refractivity contribution in [3.05, 3.63) is 132 Å². The zero-order valence-corrected chi connectivity index (χ0v) is 30.7. The second kappa shape index (κ2) is 9.87. The highest BCUT2D eigenvalue weighted by atomic mass is 16.2. The molecule has 53 heavy (non-hydrogen) atoms. The number of nitrogens with zero attached hydrogens (tertiary/aromatic N) is 1. The van der Waals surface area contributed by atoms with Crippen molar-refractivity contribution < 1.29 is 9.59 Å². The van der Waals surface area contributed by atoms with Crippen LogP contribution in [0, 0.1) is 0 Å².